The molecule has 1 heterocycles. The molecule has 0 saturated heterocycles. The van der Waals surface area contributed by atoms with Gasteiger partial charge in [-0.3, -0.25) is 4.79 Å². The number of carbonyl (C=O) groups is 1. The summed E-state index contributed by atoms with van der Waals surface area (Å²) < 4.78 is 0. The third kappa shape index (κ3) is 4.05. The second-order valence-electron chi connectivity index (χ2n) is 6.46. The van der Waals surface area contributed by atoms with Crippen molar-refractivity contribution >= 4 is 34.3 Å². The lowest BCUT2D eigenvalue weighted by atomic mass is 10.1. The van der Waals surface area contributed by atoms with E-state index in [-0.39, 0.29) is 5.91 Å². The molecule has 0 spiro atoms. The van der Waals surface area contributed by atoms with E-state index in [4.69, 9.17) is 0 Å². The third-order valence-corrected chi connectivity index (χ3v) is 5.67. The summed E-state index contributed by atoms with van der Waals surface area (Å²) in [6, 6.07) is 25.4. The molecule has 1 N–H and O–H groups in total. The normalized spacial score (nSPS) is 11.9. The number of aryl methyl sites for hydroxylation is 1. The lowest BCUT2D eigenvalue weighted by Gasteiger charge is -2.17. The summed E-state index contributed by atoms with van der Waals surface area (Å²) in [5.74, 6) is -0.0808. The molecule has 28 heavy (non-hydrogen) atoms. The van der Waals surface area contributed by atoms with Gasteiger partial charge in [0.05, 0.1) is 5.52 Å². The van der Waals surface area contributed by atoms with Gasteiger partial charge in [0.2, 0.25) is 5.91 Å². The topological polar surface area (TPSA) is 54.9 Å². The molecule has 0 aliphatic carbocycles. The third-order valence-electron chi connectivity index (χ3n) is 4.40. The van der Waals surface area contributed by atoms with E-state index < -0.39 is 5.25 Å². The Bertz CT molecular complexity index is 1090. The largest absolute Gasteiger partial charge is 0.325 e. The molecule has 0 saturated carbocycles. The van der Waals surface area contributed by atoms with Crippen molar-refractivity contribution in [3.05, 3.63) is 96.3 Å². The molecule has 0 aliphatic heterocycles. The lowest BCUT2D eigenvalue weighted by Crippen LogP contribution is -2.19. The SMILES string of the molecule is Cc1ccc(NC(=O)[C@H](Sc2ncnc3ccccc23)c2ccccc2)cc1. The molecular formula is C23H19N3OS. The second-order valence-corrected chi connectivity index (χ2v) is 7.55. The zero-order chi connectivity index (χ0) is 19.3. The average molecular weight is 385 g/mol. The van der Waals surface area contributed by atoms with Gasteiger partial charge in [0, 0.05) is 11.1 Å². The fourth-order valence-corrected chi connectivity index (χ4v) is 4.02. The maximum Gasteiger partial charge on any atom is 0.242 e. The van der Waals surface area contributed by atoms with Crippen LogP contribution in [0.2, 0.25) is 0 Å². The van der Waals surface area contributed by atoms with Crippen LogP contribution in [0.1, 0.15) is 16.4 Å². The first-order valence-corrected chi connectivity index (χ1v) is 9.87. The van der Waals surface area contributed by atoms with Gasteiger partial charge in [-0.05, 0) is 30.7 Å². The zero-order valence-electron chi connectivity index (χ0n) is 15.4. The number of thioether (sulfide) groups is 1. The van der Waals surface area contributed by atoms with Gasteiger partial charge in [-0.1, -0.05) is 78.0 Å². The van der Waals surface area contributed by atoms with Gasteiger partial charge < -0.3 is 5.32 Å². The van der Waals surface area contributed by atoms with Crippen LogP contribution in [-0.2, 0) is 4.79 Å². The Morgan fingerprint density at radius 2 is 1.61 bits per heavy atom. The van der Waals surface area contributed by atoms with E-state index >= 15 is 0 Å². The van der Waals surface area contributed by atoms with Crippen molar-refractivity contribution in [2.45, 2.75) is 17.2 Å². The Morgan fingerprint density at radius 1 is 0.893 bits per heavy atom. The summed E-state index contributed by atoms with van der Waals surface area (Å²) in [4.78, 5) is 21.9. The van der Waals surface area contributed by atoms with Gasteiger partial charge in [-0.2, -0.15) is 0 Å². The zero-order valence-corrected chi connectivity index (χ0v) is 16.2. The Hall–Kier alpha value is -3.18. The molecular weight excluding hydrogens is 366 g/mol. The molecule has 5 heteroatoms. The van der Waals surface area contributed by atoms with E-state index in [0.717, 1.165) is 32.7 Å². The number of hydrogen-bond donors (Lipinski definition) is 1. The first-order valence-electron chi connectivity index (χ1n) is 8.99. The van der Waals surface area contributed by atoms with Crippen LogP contribution in [0.25, 0.3) is 10.9 Å². The fourth-order valence-electron chi connectivity index (χ4n) is 2.93. The van der Waals surface area contributed by atoms with E-state index in [9.17, 15) is 4.79 Å². The van der Waals surface area contributed by atoms with Gasteiger partial charge in [-0.25, -0.2) is 9.97 Å². The highest BCUT2D eigenvalue weighted by atomic mass is 32.2. The van der Waals surface area contributed by atoms with E-state index in [0.29, 0.717) is 0 Å². The predicted octanol–water partition coefficient (Wildman–Crippen LogP) is 5.41. The monoisotopic (exact) mass is 385 g/mol. The van der Waals surface area contributed by atoms with Crippen molar-refractivity contribution in [1.82, 2.24) is 9.97 Å². The van der Waals surface area contributed by atoms with Crippen LogP contribution in [0.4, 0.5) is 5.69 Å². The molecule has 1 atom stereocenters. The highest BCUT2D eigenvalue weighted by Gasteiger charge is 2.23. The number of para-hydroxylation sites is 1. The van der Waals surface area contributed by atoms with Crippen LogP contribution in [-0.4, -0.2) is 15.9 Å². The highest BCUT2D eigenvalue weighted by molar-refractivity contribution is 8.00. The minimum atomic E-state index is -0.430. The molecule has 1 amide bonds. The molecule has 4 nitrogen and oxygen atoms in total. The van der Waals surface area contributed by atoms with E-state index in [1.807, 2.05) is 85.8 Å². The van der Waals surface area contributed by atoms with Crippen LogP contribution in [0.5, 0.6) is 0 Å². The maximum absolute atomic E-state index is 13.2. The standard InChI is InChI=1S/C23H19N3OS/c1-16-11-13-18(14-12-16)26-22(27)21(17-7-3-2-4-8-17)28-23-19-9-5-6-10-20(19)24-15-25-23/h2-15,21H,1H3,(H,26,27)/t21-/m1/s1. The molecule has 3 aromatic carbocycles. The van der Waals surface area contributed by atoms with E-state index in [2.05, 4.69) is 15.3 Å². The molecule has 0 fully saturated rings. The Morgan fingerprint density at radius 3 is 2.39 bits per heavy atom. The smallest absolute Gasteiger partial charge is 0.242 e. The Kier molecular flexibility index (Phi) is 5.35. The Balaban J connectivity index is 1.67. The van der Waals surface area contributed by atoms with Crippen LogP contribution in [0, 0.1) is 6.92 Å². The van der Waals surface area contributed by atoms with E-state index in [1.54, 1.807) is 6.33 Å². The van der Waals surface area contributed by atoms with Crippen LogP contribution >= 0.6 is 11.8 Å². The first-order chi connectivity index (χ1) is 13.7. The van der Waals surface area contributed by atoms with Crippen molar-refractivity contribution in [2.24, 2.45) is 0 Å². The second kappa shape index (κ2) is 8.23. The molecule has 4 rings (SSSR count). The van der Waals surface area contributed by atoms with Crippen molar-refractivity contribution in [1.29, 1.82) is 0 Å². The summed E-state index contributed by atoms with van der Waals surface area (Å²) in [6.45, 7) is 2.02. The number of benzene rings is 3. The summed E-state index contributed by atoms with van der Waals surface area (Å²) in [6.07, 6.45) is 1.55. The number of hydrogen-bond acceptors (Lipinski definition) is 4. The highest BCUT2D eigenvalue weighted by Crippen LogP contribution is 2.37. The summed E-state index contributed by atoms with van der Waals surface area (Å²) in [5.41, 5.74) is 3.73. The van der Waals surface area contributed by atoms with Gasteiger partial charge in [-0.15, -0.1) is 0 Å². The lowest BCUT2D eigenvalue weighted by molar-refractivity contribution is -0.115. The number of nitrogens with zero attached hydrogens (tertiary/aromatic N) is 2. The number of aromatic nitrogens is 2. The summed E-state index contributed by atoms with van der Waals surface area (Å²) >= 11 is 1.44. The summed E-state index contributed by atoms with van der Waals surface area (Å²) in [7, 11) is 0. The number of anilines is 1. The van der Waals surface area contributed by atoms with Gasteiger partial charge in [0.1, 0.15) is 16.6 Å². The molecule has 0 radical (unpaired) electrons. The van der Waals surface area contributed by atoms with Gasteiger partial charge in [0.25, 0.3) is 0 Å². The van der Waals surface area contributed by atoms with Crippen molar-refractivity contribution < 1.29 is 4.79 Å². The predicted molar refractivity (Wildman–Crippen MR) is 114 cm³/mol. The number of fused-ring (bicyclic) bond motifs is 1. The quantitative estimate of drug-likeness (QED) is 0.369. The van der Waals surface area contributed by atoms with E-state index in [1.165, 1.54) is 11.8 Å². The number of carbonyl (C=O) groups excluding carboxylic acids is 1. The van der Waals surface area contributed by atoms with Crippen molar-refractivity contribution in [3.63, 3.8) is 0 Å². The average Bonchev–Trinajstić information content (AvgIpc) is 2.74. The molecule has 0 aliphatic rings. The van der Waals surface area contributed by atoms with Crippen LogP contribution in [0.3, 0.4) is 0 Å². The first kappa shape index (κ1) is 18.2. The minimum absolute atomic E-state index is 0.0808. The van der Waals surface area contributed by atoms with Crippen LogP contribution < -0.4 is 5.32 Å². The number of amides is 1. The molecule has 4 aromatic rings. The molecule has 0 bridgehead atoms. The summed E-state index contributed by atoms with van der Waals surface area (Å²) in [5, 5.41) is 4.34. The Labute approximate surface area is 168 Å². The maximum atomic E-state index is 13.2. The molecule has 138 valence electrons. The van der Waals surface area contributed by atoms with Crippen LogP contribution in [0.15, 0.2) is 90.2 Å². The van der Waals surface area contributed by atoms with Crippen molar-refractivity contribution in [2.75, 3.05) is 5.32 Å². The number of nitrogens with one attached hydrogen (secondary N) is 1. The van der Waals surface area contributed by atoms with Gasteiger partial charge in [0.15, 0.2) is 0 Å². The fraction of sp³-hybridized carbons (Fsp3) is 0.0870. The minimum Gasteiger partial charge on any atom is -0.325 e. The van der Waals surface area contributed by atoms with Crippen molar-refractivity contribution in [3.8, 4) is 0 Å². The molecule has 0 unspecified atom stereocenters. The van der Waals surface area contributed by atoms with Gasteiger partial charge >= 0.3 is 0 Å². The number of rotatable bonds is 5. The molecule has 1 aromatic heterocycles.